The van der Waals surface area contributed by atoms with Crippen molar-refractivity contribution in [1.29, 1.82) is 0 Å². The summed E-state index contributed by atoms with van der Waals surface area (Å²) in [6, 6.07) is 17.8. The monoisotopic (exact) mass is 402 g/mol. The molecule has 0 unspecified atom stereocenters. The van der Waals surface area contributed by atoms with Gasteiger partial charge in [-0.3, -0.25) is 10.1 Å². The van der Waals surface area contributed by atoms with E-state index < -0.39 is 16.6 Å². The van der Waals surface area contributed by atoms with Crippen molar-refractivity contribution in [3.8, 4) is 11.5 Å². The molecule has 0 N–H and O–H groups in total. The first kappa shape index (κ1) is 17.9. The molecule has 4 aromatic rings. The third-order valence-corrected chi connectivity index (χ3v) is 4.94. The second-order valence-corrected chi connectivity index (χ2v) is 6.68. The molecule has 0 saturated carbocycles. The van der Waals surface area contributed by atoms with Gasteiger partial charge in [-0.2, -0.15) is 0 Å². The van der Waals surface area contributed by atoms with Crippen LogP contribution >= 0.6 is 0 Å². The quantitative estimate of drug-likeness (QED) is 0.216. The Hall–Kier alpha value is -4.20. The molecule has 0 radical (unpaired) electrons. The van der Waals surface area contributed by atoms with Crippen molar-refractivity contribution in [1.82, 2.24) is 4.98 Å². The molecule has 5 rings (SSSR count). The number of benzene rings is 3. The largest absolute Gasteiger partial charge is 0.455 e. The van der Waals surface area contributed by atoms with Gasteiger partial charge >= 0.3 is 5.97 Å². The molecular formula is C22H14N2O6. The van der Waals surface area contributed by atoms with E-state index in [1.54, 1.807) is 0 Å². The average molecular weight is 402 g/mol. The van der Waals surface area contributed by atoms with Gasteiger partial charge in [0.1, 0.15) is 12.2 Å². The Morgan fingerprint density at radius 1 is 1.00 bits per heavy atom. The number of hydrogen-bond acceptors (Lipinski definition) is 7. The molecule has 0 atom stereocenters. The smallest absolute Gasteiger partial charge is 0.345 e. The van der Waals surface area contributed by atoms with Crippen molar-refractivity contribution >= 4 is 33.3 Å². The predicted octanol–water partition coefficient (Wildman–Crippen LogP) is 4.38. The van der Waals surface area contributed by atoms with Gasteiger partial charge < -0.3 is 14.2 Å². The molecule has 148 valence electrons. The van der Waals surface area contributed by atoms with Crippen LogP contribution in [0.15, 0.2) is 60.7 Å². The van der Waals surface area contributed by atoms with E-state index in [4.69, 9.17) is 14.2 Å². The van der Waals surface area contributed by atoms with Gasteiger partial charge in [0.25, 0.3) is 5.69 Å². The number of nitro groups is 1. The van der Waals surface area contributed by atoms with Crippen molar-refractivity contribution in [2.75, 3.05) is 6.79 Å². The molecular weight excluding hydrogens is 388 g/mol. The van der Waals surface area contributed by atoms with Gasteiger partial charge in [-0.15, -0.1) is 0 Å². The van der Waals surface area contributed by atoms with Crippen LogP contribution in [0.25, 0.3) is 21.7 Å². The van der Waals surface area contributed by atoms with Gasteiger partial charge in [-0.25, -0.2) is 9.78 Å². The Bertz CT molecular complexity index is 1330. The topological polar surface area (TPSA) is 101 Å². The fourth-order valence-electron chi connectivity index (χ4n) is 3.54. The number of carbonyl (C=O) groups is 1. The number of aromatic nitrogens is 1. The van der Waals surface area contributed by atoms with Gasteiger partial charge in [0.15, 0.2) is 11.5 Å². The molecule has 0 aliphatic carbocycles. The first-order valence-electron chi connectivity index (χ1n) is 9.13. The van der Waals surface area contributed by atoms with Gasteiger partial charge in [-0.1, -0.05) is 42.5 Å². The SMILES string of the molecule is O=C(OCc1nc2ccccc2c2ccccc12)c1cc2c(cc1[N+](=O)[O-])OCO2. The molecule has 0 amide bonds. The molecule has 30 heavy (non-hydrogen) atoms. The molecule has 0 fully saturated rings. The van der Waals surface area contributed by atoms with Crippen LogP contribution in [0.2, 0.25) is 0 Å². The highest BCUT2D eigenvalue weighted by molar-refractivity contribution is 6.06. The zero-order valence-electron chi connectivity index (χ0n) is 15.5. The number of ether oxygens (including phenoxy) is 3. The van der Waals surface area contributed by atoms with Crippen LogP contribution in [0, 0.1) is 10.1 Å². The summed E-state index contributed by atoms with van der Waals surface area (Å²) in [6.45, 7) is -0.187. The predicted molar refractivity (Wildman–Crippen MR) is 108 cm³/mol. The lowest BCUT2D eigenvalue weighted by Crippen LogP contribution is -2.09. The lowest BCUT2D eigenvalue weighted by molar-refractivity contribution is -0.385. The zero-order valence-corrected chi connectivity index (χ0v) is 15.5. The molecule has 0 bridgehead atoms. The van der Waals surface area contributed by atoms with Crippen molar-refractivity contribution in [3.63, 3.8) is 0 Å². The van der Waals surface area contributed by atoms with Crippen LogP contribution in [0.4, 0.5) is 5.69 Å². The fourth-order valence-corrected chi connectivity index (χ4v) is 3.54. The van der Waals surface area contributed by atoms with E-state index in [9.17, 15) is 14.9 Å². The molecule has 0 spiro atoms. The van der Waals surface area contributed by atoms with Crippen molar-refractivity contribution in [3.05, 3.63) is 82.0 Å². The van der Waals surface area contributed by atoms with E-state index >= 15 is 0 Å². The van der Waals surface area contributed by atoms with E-state index in [1.807, 2.05) is 48.5 Å². The number of para-hydroxylation sites is 1. The van der Waals surface area contributed by atoms with Crippen LogP contribution in [-0.4, -0.2) is 22.7 Å². The third kappa shape index (κ3) is 2.95. The molecule has 1 aliphatic heterocycles. The van der Waals surface area contributed by atoms with Crippen LogP contribution in [0.5, 0.6) is 11.5 Å². The number of pyridine rings is 1. The maximum Gasteiger partial charge on any atom is 0.345 e. The zero-order chi connectivity index (χ0) is 20.7. The third-order valence-electron chi connectivity index (χ3n) is 4.94. The van der Waals surface area contributed by atoms with Gasteiger partial charge in [-0.05, 0) is 11.5 Å². The number of nitro benzene ring substituents is 1. The number of esters is 1. The number of nitrogens with zero attached hydrogens (tertiary/aromatic N) is 2. The molecule has 1 aliphatic rings. The number of hydrogen-bond donors (Lipinski definition) is 0. The van der Waals surface area contributed by atoms with Crippen LogP contribution in [0.3, 0.4) is 0 Å². The Labute approximate surface area is 169 Å². The Balaban J connectivity index is 1.50. The Morgan fingerprint density at radius 3 is 2.43 bits per heavy atom. The van der Waals surface area contributed by atoms with Crippen molar-refractivity contribution < 1.29 is 23.9 Å². The molecule has 3 aromatic carbocycles. The summed E-state index contributed by atoms with van der Waals surface area (Å²) in [6.07, 6.45) is 0. The van der Waals surface area contributed by atoms with E-state index in [2.05, 4.69) is 4.98 Å². The summed E-state index contributed by atoms with van der Waals surface area (Å²) in [5, 5.41) is 14.2. The second kappa shape index (κ2) is 7.00. The normalized spacial score (nSPS) is 12.3. The fraction of sp³-hybridized carbons (Fsp3) is 0.0909. The standard InChI is InChI=1S/C22H14N2O6/c25-22(16-9-20-21(30-12-29-20)10-19(16)24(26)27)28-11-18-15-7-2-1-5-13(15)14-6-3-4-8-17(14)23-18/h1-10H,11-12H2. The molecule has 2 heterocycles. The van der Waals surface area contributed by atoms with Gasteiger partial charge in [0, 0.05) is 16.8 Å². The van der Waals surface area contributed by atoms with Crippen molar-refractivity contribution in [2.24, 2.45) is 0 Å². The highest BCUT2D eigenvalue weighted by Crippen LogP contribution is 2.38. The maximum atomic E-state index is 12.7. The molecule has 8 nitrogen and oxygen atoms in total. The minimum Gasteiger partial charge on any atom is -0.455 e. The summed E-state index contributed by atoms with van der Waals surface area (Å²) in [4.78, 5) is 28.1. The van der Waals surface area contributed by atoms with Crippen LogP contribution in [-0.2, 0) is 11.3 Å². The lowest BCUT2D eigenvalue weighted by Gasteiger charge is -2.10. The molecule has 0 saturated heterocycles. The van der Waals surface area contributed by atoms with Crippen LogP contribution < -0.4 is 9.47 Å². The minimum absolute atomic E-state index is 0.0576. The highest BCUT2D eigenvalue weighted by Gasteiger charge is 2.28. The maximum absolute atomic E-state index is 12.7. The summed E-state index contributed by atoms with van der Waals surface area (Å²) in [7, 11) is 0. The number of rotatable bonds is 4. The second-order valence-electron chi connectivity index (χ2n) is 6.68. The minimum atomic E-state index is -0.834. The van der Waals surface area contributed by atoms with Gasteiger partial charge in [0.2, 0.25) is 6.79 Å². The first-order valence-corrected chi connectivity index (χ1v) is 9.13. The number of carbonyl (C=O) groups excluding carboxylic acids is 1. The van der Waals surface area contributed by atoms with Gasteiger partial charge in [0.05, 0.1) is 22.2 Å². The average Bonchev–Trinajstić information content (AvgIpc) is 3.24. The highest BCUT2D eigenvalue weighted by atomic mass is 16.7. The molecule has 1 aromatic heterocycles. The molecule has 8 heteroatoms. The lowest BCUT2D eigenvalue weighted by atomic mass is 10.0. The first-order chi connectivity index (χ1) is 14.6. The summed E-state index contributed by atoms with van der Waals surface area (Å²) >= 11 is 0. The number of fused-ring (bicyclic) bond motifs is 4. The summed E-state index contributed by atoms with van der Waals surface area (Å²) in [5.41, 5.74) is 0.743. The summed E-state index contributed by atoms with van der Waals surface area (Å²) in [5.74, 6) is -0.346. The Kier molecular flexibility index (Phi) is 4.17. The van der Waals surface area contributed by atoms with E-state index in [0.717, 1.165) is 21.7 Å². The summed E-state index contributed by atoms with van der Waals surface area (Å²) < 4.78 is 15.8. The van der Waals surface area contributed by atoms with E-state index in [1.165, 1.54) is 12.1 Å². The Morgan fingerprint density at radius 2 is 1.67 bits per heavy atom. The van der Waals surface area contributed by atoms with E-state index in [0.29, 0.717) is 5.69 Å². The van der Waals surface area contributed by atoms with Crippen molar-refractivity contribution in [2.45, 2.75) is 6.61 Å². The van der Waals surface area contributed by atoms with E-state index in [-0.39, 0.29) is 30.5 Å². The van der Waals surface area contributed by atoms with Crippen LogP contribution in [0.1, 0.15) is 16.1 Å².